The molecule has 3 aromatic rings. The first-order valence-corrected chi connectivity index (χ1v) is 8.20. The molecule has 0 fully saturated rings. The van der Waals surface area contributed by atoms with Gasteiger partial charge in [0.25, 0.3) is 5.69 Å². The molecular formula is C19H15N3O3S. The molecule has 0 aliphatic rings. The Kier molecular flexibility index (Phi) is 5.28. The molecule has 1 N–H and O–H groups in total. The molecule has 26 heavy (non-hydrogen) atoms. The highest BCUT2D eigenvalue weighted by Crippen LogP contribution is 2.33. The Labute approximate surface area is 155 Å². The standard InChI is InChI=1S/C19H15N3O3S/c23-21-12-16-9-14(8-13-4-6-20-7-5-13)10-18(19(16)26)15-2-1-3-17(11-15)22(24)25/h1-7,9-12,23,26H,8H2/b21-12+. The van der Waals surface area contributed by atoms with Crippen molar-refractivity contribution in [3.8, 4) is 11.1 Å². The van der Waals surface area contributed by atoms with Crippen molar-refractivity contribution < 1.29 is 10.1 Å². The van der Waals surface area contributed by atoms with E-state index in [0.29, 0.717) is 22.4 Å². The molecule has 7 heteroatoms. The maximum absolute atomic E-state index is 11.1. The van der Waals surface area contributed by atoms with E-state index in [9.17, 15) is 10.1 Å². The summed E-state index contributed by atoms with van der Waals surface area (Å²) in [5, 5.41) is 23.1. The zero-order valence-corrected chi connectivity index (χ0v) is 14.5. The Morgan fingerprint density at radius 3 is 2.62 bits per heavy atom. The van der Waals surface area contributed by atoms with Crippen LogP contribution in [0.25, 0.3) is 11.1 Å². The molecule has 1 aromatic heterocycles. The summed E-state index contributed by atoms with van der Waals surface area (Å²) < 4.78 is 0. The summed E-state index contributed by atoms with van der Waals surface area (Å²) in [6.45, 7) is 0. The van der Waals surface area contributed by atoms with E-state index in [4.69, 9.17) is 5.21 Å². The molecule has 130 valence electrons. The minimum Gasteiger partial charge on any atom is -0.411 e. The largest absolute Gasteiger partial charge is 0.411 e. The van der Waals surface area contributed by atoms with Gasteiger partial charge in [0.05, 0.1) is 11.1 Å². The van der Waals surface area contributed by atoms with Crippen LogP contribution >= 0.6 is 12.6 Å². The van der Waals surface area contributed by atoms with Gasteiger partial charge in [-0.05, 0) is 52.9 Å². The van der Waals surface area contributed by atoms with E-state index < -0.39 is 4.92 Å². The number of oxime groups is 1. The van der Waals surface area contributed by atoms with Crippen LogP contribution in [0.3, 0.4) is 0 Å². The smallest absolute Gasteiger partial charge is 0.270 e. The summed E-state index contributed by atoms with van der Waals surface area (Å²) in [5.74, 6) is 0. The predicted molar refractivity (Wildman–Crippen MR) is 102 cm³/mol. The third kappa shape index (κ3) is 3.89. The number of thiol groups is 1. The summed E-state index contributed by atoms with van der Waals surface area (Å²) in [5.41, 5.74) is 4.08. The topological polar surface area (TPSA) is 88.6 Å². The van der Waals surface area contributed by atoms with Crippen molar-refractivity contribution in [2.75, 3.05) is 0 Å². The van der Waals surface area contributed by atoms with Crippen molar-refractivity contribution in [2.24, 2.45) is 5.16 Å². The fraction of sp³-hybridized carbons (Fsp3) is 0.0526. The van der Waals surface area contributed by atoms with Crippen LogP contribution in [0.4, 0.5) is 5.69 Å². The zero-order valence-electron chi connectivity index (χ0n) is 13.6. The molecule has 0 bridgehead atoms. The molecule has 0 atom stereocenters. The number of nitrogens with zero attached hydrogens (tertiary/aromatic N) is 3. The van der Waals surface area contributed by atoms with Crippen LogP contribution in [-0.2, 0) is 6.42 Å². The fourth-order valence-electron chi connectivity index (χ4n) is 2.73. The van der Waals surface area contributed by atoms with Gasteiger partial charge in [0.1, 0.15) is 0 Å². The molecule has 3 rings (SSSR count). The van der Waals surface area contributed by atoms with E-state index in [-0.39, 0.29) is 5.69 Å². The summed E-state index contributed by atoms with van der Waals surface area (Å²) in [6.07, 6.45) is 5.39. The molecule has 0 saturated heterocycles. The molecule has 0 saturated carbocycles. The second-order valence-electron chi connectivity index (χ2n) is 5.67. The number of nitro benzene ring substituents is 1. The van der Waals surface area contributed by atoms with E-state index in [1.54, 1.807) is 24.5 Å². The van der Waals surface area contributed by atoms with Crippen LogP contribution in [0.1, 0.15) is 16.7 Å². The average Bonchev–Trinajstić information content (AvgIpc) is 2.65. The van der Waals surface area contributed by atoms with Gasteiger partial charge in [-0.15, -0.1) is 12.6 Å². The summed E-state index contributed by atoms with van der Waals surface area (Å²) in [4.78, 5) is 15.2. The number of aromatic nitrogens is 1. The minimum atomic E-state index is -0.432. The third-order valence-corrected chi connectivity index (χ3v) is 4.42. The van der Waals surface area contributed by atoms with Crippen molar-refractivity contribution in [2.45, 2.75) is 11.3 Å². The van der Waals surface area contributed by atoms with Crippen molar-refractivity contribution >= 4 is 24.5 Å². The number of benzene rings is 2. The highest BCUT2D eigenvalue weighted by atomic mass is 32.1. The van der Waals surface area contributed by atoms with Gasteiger partial charge in [0, 0.05) is 35.0 Å². The minimum absolute atomic E-state index is 0.00662. The molecule has 0 amide bonds. The molecule has 1 heterocycles. The van der Waals surface area contributed by atoms with Gasteiger partial charge in [-0.3, -0.25) is 15.1 Å². The van der Waals surface area contributed by atoms with Crippen LogP contribution in [-0.4, -0.2) is 21.3 Å². The zero-order chi connectivity index (χ0) is 18.5. The lowest BCUT2D eigenvalue weighted by Crippen LogP contribution is -1.96. The van der Waals surface area contributed by atoms with Crippen molar-refractivity contribution in [1.29, 1.82) is 0 Å². The first-order valence-electron chi connectivity index (χ1n) is 7.75. The van der Waals surface area contributed by atoms with Crippen LogP contribution < -0.4 is 0 Å². The molecule has 0 aliphatic carbocycles. The Hall–Kier alpha value is -3.19. The van der Waals surface area contributed by atoms with E-state index in [1.165, 1.54) is 18.3 Å². The van der Waals surface area contributed by atoms with Crippen molar-refractivity contribution in [3.63, 3.8) is 0 Å². The van der Waals surface area contributed by atoms with Crippen molar-refractivity contribution in [3.05, 3.63) is 87.7 Å². The second kappa shape index (κ2) is 7.79. The Morgan fingerprint density at radius 2 is 1.92 bits per heavy atom. The number of rotatable bonds is 5. The first kappa shape index (κ1) is 17.6. The van der Waals surface area contributed by atoms with Gasteiger partial charge in [-0.25, -0.2) is 0 Å². The lowest BCUT2D eigenvalue weighted by molar-refractivity contribution is -0.384. The maximum Gasteiger partial charge on any atom is 0.270 e. The highest BCUT2D eigenvalue weighted by Gasteiger charge is 2.13. The van der Waals surface area contributed by atoms with Gasteiger partial charge in [0.15, 0.2) is 0 Å². The lowest BCUT2D eigenvalue weighted by atomic mass is 9.96. The molecule has 0 spiro atoms. The summed E-state index contributed by atoms with van der Waals surface area (Å²) in [6, 6.07) is 14.0. The Balaban J connectivity index is 2.11. The van der Waals surface area contributed by atoms with Crippen LogP contribution in [0.15, 0.2) is 71.0 Å². The number of non-ortho nitro benzene ring substituents is 1. The first-order chi connectivity index (χ1) is 12.6. The number of hydrogen-bond donors (Lipinski definition) is 2. The normalized spacial score (nSPS) is 11.0. The molecule has 0 aliphatic heterocycles. The SMILES string of the molecule is O=[N+]([O-])c1cccc(-c2cc(Cc3ccncc3)cc(/C=N/O)c2S)c1. The number of pyridine rings is 1. The van der Waals surface area contributed by atoms with Gasteiger partial charge in [-0.1, -0.05) is 17.3 Å². The van der Waals surface area contributed by atoms with Crippen LogP contribution in [0.2, 0.25) is 0 Å². The van der Waals surface area contributed by atoms with E-state index in [1.807, 2.05) is 24.3 Å². The third-order valence-electron chi connectivity index (χ3n) is 3.92. The quantitative estimate of drug-likeness (QED) is 0.231. The van der Waals surface area contributed by atoms with Gasteiger partial charge in [-0.2, -0.15) is 0 Å². The summed E-state index contributed by atoms with van der Waals surface area (Å²) in [7, 11) is 0. The predicted octanol–water partition coefficient (Wildman–Crippen LogP) is 4.34. The number of hydrogen-bond acceptors (Lipinski definition) is 6. The number of nitro groups is 1. The molecule has 6 nitrogen and oxygen atoms in total. The van der Waals surface area contributed by atoms with Gasteiger partial charge in [0.2, 0.25) is 0 Å². The lowest BCUT2D eigenvalue weighted by Gasteiger charge is -2.12. The van der Waals surface area contributed by atoms with Crippen LogP contribution in [0.5, 0.6) is 0 Å². The Bertz CT molecular complexity index is 975. The maximum atomic E-state index is 11.1. The van der Waals surface area contributed by atoms with E-state index >= 15 is 0 Å². The second-order valence-corrected chi connectivity index (χ2v) is 6.11. The monoisotopic (exact) mass is 365 g/mol. The van der Waals surface area contributed by atoms with E-state index in [0.717, 1.165) is 16.7 Å². The van der Waals surface area contributed by atoms with Crippen LogP contribution in [0, 0.1) is 10.1 Å². The molecule has 0 unspecified atom stereocenters. The fourth-order valence-corrected chi connectivity index (χ4v) is 3.04. The molecule has 0 radical (unpaired) electrons. The average molecular weight is 365 g/mol. The highest BCUT2D eigenvalue weighted by molar-refractivity contribution is 7.80. The van der Waals surface area contributed by atoms with E-state index in [2.05, 4.69) is 22.8 Å². The van der Waals surface area contributed by atoms with Crippen molar-refractivity contribution in [1.82, 2.24) is 4.98 Å². The molecular weight excluding hydrogens is 350 g/mol. The molecule has 2 aromatic carbocycles. The summed E-state index contributed by atoms with van der Waals surface area (Å²) >= 11 is 4.53. The Morgan fingerprint density at radius 1 is 1.15 bits per heavy atom. The van der Waals surface area contributed by atoms with Gasteiger partial charge >= 0.3 is 0 Å². The van der Waals surface area contributed by atoms with Gasteiger partial charge < -0.3 is 5.21 Å².